The molecule has 2 aromatic carbocycles. The van der Waals surface area contributed by atoms with Crippen LogP contribution in [0, 0.1) is 12.7 Å². The van der Waals surface area contributed by atoms with Crippen LogP contribution in [0.25, 0.3) is 11.3 Å². The van der Waals surface area contributed by atoms with E-state index in [2.05, 4.69) is 43.4 Å². The molecule has 2 aromatic heterocycles. The van der Waals surface area contributed by atoms with E-state index in [1.54, 1.807) is 6.20 Å². The maximum absolute atomic E-state index is 13.3. The van der Waals surface area contributed by atoms with Crippen molar-refractivity contribution in [2.24, 2.45) is 0 Å². The van der Waals surface area contributed by atoms with Gasteiger partial charge in [-0.05, 0) is 42.8 Å². The van der Waals surface area contributed by atoms with Crippen LogP contribution in [0.2, 0.25) is 0 Å². The Kier molecular flexibility index (Phi) is 6.54. The molecule has 0 aliphatic carbocycles. The van der Waals surface area contributed by atoms with Gasteiger partial charge < -0.3 is 4.90 Å². The second-order valence-corrected chi connectivity index (χ2v) is 8.63. The Labute approximate surface area is 203 Å². The van der Waals surface area contributed by atoms with Crippen LogP contribution in [0.4, 0.5) is 10.1 Å². The van der Waals surface area contributed by atoms with Crippen molar-refractivity contribution in [3.05, 3.63) is 102 Å². The first-order valence-corrected chi connectivity index (χ1v) is 11.7. The highest BCUT2D eigenvalue weighted by Crippen LogP contribution is 2.28. The van der Waals surface area contributed by atoms with Gasteiger partial charge in [0.2, 0.25) is 0 Å². The topological polar surface area (TPSA) is 66.3 Å². The smallest absolute Gasteiger partial charge is 0.290 e. The van der Waals surface area contributed by atoms with Crippen LogP contribution in [0.3, 0.4) is 0 Å². The maximum atomic E-state index is 13.3. The number of anilines is 1. The first kappa shape index (κ1) is 22.7. The minimum atomic E-state index is -0.312. The summed E-state index contributed by atoms with van der Waals surface area (Å²) < 4.78 is 15.1. The van der Waals surface area contributed by atoms with Crippen molar-refractivity contribution in [1.82, 2.24) is 19.5 Å². The molecule has 0 unspecified atom stereocenters. The molecule has 1 fully saturated rings. The van der Waals surface area contributed by atoms with Crippen LogP contribution in [-0.2, 0) is 6.54 Å². The fourth-order valence-corrected chi connectivity index (χ4v) is 4.51. The number of amides is 1. The molecule has 8 heteroatoms. The zero-order valence-corrected chi connectivity index (χ0v) is 19.6. The molecule has 1 amide bonds. The number of aryl methyl sites for hydroxylation is 1. The van der Waals surface area contributed by atoms with Gasteiger partial charge in [-0.3, -0.25) is 24.8 Å². The lowest BCUT2D eigenvalue weighted by molar-refractivity contribution is 0.100. The monoisotopic (exact) mass is 470 g/mol. The highest BCUT2D eigenvalue weighted by atomic mass is 19.1. The van der Waals surface area contributed by atoms with Crippen molar-refractivity contribution in [3.8, 4) is 11.3 Å². The van der Waals surface area contributed by atoms with Crippen molar-refractivity contribution < 1.29 is 9.18 Å². The van der Waals surface area contributed by atoms with Crippen LogP contribution < -0.4 is 10.3 Å². The molecule has 4 aromatic rings. The minimum Gasteiger partial charge on any atom is -0.369 e. The van der Waals surface area contributed by atoms with Gasteiger partial charge in [0.1, 0.15) is 11.5 Å². The number of rotatable bonds is 6. The van der Waals surface area contributed by atoms with E-state index in [0.29, 0.717) is 0 Å². The highest BCUT2D eigenvalue weighted by Gasteiger charge is 2.22. The lowest BCUT2D eigenvalue weighted by Gasteiger charge is -2.36. The third-order valence-electron chi connectivity index (χ3n) is 6.28. The molecule has 0 atom stereocenters. The van der Waals surface area contributed by atoms with Crippen molar-refractivity contribution in [2.45, 2.75) is 13.5 Å². The summed E-state index contributed by atoms with van der Waals surface area (Å²) in [7, 11) is 0. The standard InChI is InChI=1S/C27H27FN6O/c1-20-17-22(19-32-13-15-33(16-14-32)24-9-7-23(28)8-10-24)26(21-5-3-2-4-6-21)34(20)31-27(35)25-18-29-11-12-30-25/h2-12,17-18H,13-16,19H2,1H3,(H,31,35). The van der Waals surface area contributed by atoms with Crippen molar-refractivity contribution >= 4 is 11.6 Å². The van der Waals surface area contributed by atoms with Gasteiger partial charge in [0.05, 0.1) is 11.9 Å². The summed E-state index contributed by atoms with van der Waals surface area (Å²) >= 11 is 0. The molecule has 0 bridgehead atoms. The number of nitrogens with zero attached hydrogens (tertiary/aromatic N) is 5. The number of aromatic nitrogens is 3. The summed E-state index contributed by atoms with van der Waals surface area (Å²) in [5.41, 5.74) is 8.37. The molecule has 7 nitrogen and oxygen atoms in total. The van der Waals surface area contributed by atoms with Crippen LogP contribution in [0.1, 0.15) is 21.7 Å². The van der Waals surface area contributed by atoms with E-state index >= 15 is 0 Å². The number of carbonyl (C=O) groups is 1. The molecule has 5 rings (SSSR count). The van der Waals surface area contributed by atoms with Crippen molar-refractivity contribution in [1.29, 1.82) is 0 Å². The Balaban J connectivity index is 1.37. The molecule has 1 aliphatic heterocycles. The van der Waals surface area contributed by atoms with E-state index in [-0.39, 0.29) is 17.4 Å². The van der Waals surface area contributed by atoms with Gasteiger partial charge >= 0.3 is 0 Å². The lowest BCUT2D eigenvalue weighted by Crippen LogP contribution is -2.46. The van der Waals surface area contributed by atoms with Gasteiger partial charge in [0.15, 0.2) is 0 Å². The third kappa shape index (κ3) is 5.07. The van der Waals surface area contributed by atoms with Crippen LogP contribution in [0.5, 0.6) is 0 Å². The second kappa shape index (κ2) is 10.1. The summed E-state index contributed by atoms with van der Waals surface area (Å²) in [4.78, 5) is 25.7. The van der Waals surface area contributed by atoms with Gasteiger partial charge in [0, 0.05) is 62.1 Å². The number of nitrogens with one attached hydrogen (secondary N) is 1. The number of carbonyl (C=O) groups excluding carboxylic acids is 1. The van der Waals surface area contributed by atoms with E-state index < -0.39 is 0 Å². The number of halogens is 1. The van der Waals surface area contributed by atoms with Crippen LogP contribution >= 0.6 is 0 Å². The number of hydrogen-bond donors (Lipinski definition) is 1. The van der Waals surface area contributed by atoms with Crippen molar-refractivity contribution in [3.63, 3.8) is 0 Å². The zero-order valence-electron chi connectivity index (χ0n) is 19.6. The quantitative estimate of drug-likeness (QED) is 0.460. The first-order valence-electron chi connectivity index (χ1n) is 11.7. The van der Waals surface area contributed by atoms with E-state index in [1.807, 2.05) is 41.9 Å². The van der Waals surface area contributed by atoms with Gasteiger partial charge in [-0.25, -0.2) is 9.37 Å². The predicted molar refractivity (Wildman–Crippen MR) is 134 cm³/mol. The Morgan fingerprint density at radius 3 is 2.43 bits per heavy atom. The van der Waals surface area contributed by atoms with Gasteiger partial charge in [-0.15, -0.1) is 0 Å². The number of benzene rings is 2. The molecule has 0 saturated carbocycles. The van der Waals surface area contributed by atoms with Gasteiger partial charge in [-0.1, -0.05) is 30.3 Å². The highest BCUT2D eigenvalue weighted by molar-refractivity contribution is 5.98. The molecule has 1 aliphatic rings. The Morgan fingerprint density at radius 1 is 1.00 bits per heavy atom. The second-order valence-electron chi connectivity index (χ2n) is 8.63. The summed E-state index contributed by atoms with van der Waals surface area (Å²) in [6.07, 6.45) is 4.51. The maximum Gasteiger partial charge on any atom is 0.290 e. The van der Waals surface area contributed by atoms with E-state index in [0.717, 1.165) is 60.9 Å². The van der Waals surface area contributed by atoms with Crippen LogP contribution in [-0.4, -0.2) is 51.6 Å². The minimum absolute atomic E-state index is 0.216. The summed E-state index contributed by atoms with van der Waals surface area (Å²) in [5.74, 6) is -0.527. The molecular weight excluding hydrogens is 443 g/mol. The number of hydrogen-bond acceptors (Lipinski definition) is 5. The lowest BCUT2D eigenvalue weighted by atomic mass is 10.1. The summed E-state index contributed by atoms with van der Waals surface area (Å²) in [6.45, 7) is 6.27. The fourth-order valence-electron chi connectivity index (χ4n) is 4.51. The van der Waals surface area contributed by atoms with Gasteiger partial charge in [-0.2, -0.15) is 0 Å². The largest absolute Gasteiger partial charge is 0.369 e. The molecule has 1 saturated heterocycles. The Hall–Kier alpha value is -4.04. The fraction of sp³-hybridized carbons (Fsp3) is 0.222. The van der Waals surface area contributed by atoms with Crippen molar-refractivity contribution in [2.75, 3.05) is 36.5 Å². The zero-order chi connectivity index (χ0) is 24.2. The van der Waals surface area contributed by atoms with E-state index in [4.69, 9.17) is 0 Å². The van der Waals surface area contributed by atoms with Gasteiger partial charge in [0.25, 0.3) is 5.91 Å². The van der Waals surface area contributed by atoms with E-state index in [9.17, 15) is 9.18 Å². The summed E-state index contributed by atoms with van der Waals surface area (Å²) in [5, 5.41) is 0. The molecule has 3 heterocycles. The molecule has 0 spiro atoms. The SMILES string of the molecule is Cc1cc(CN2CCN(c3ccc(F)cc3)CC2)c(-c2ccccc2)n1NC(=O)c1cnccn1. The average Bonchev–Trinajstić information content (AvgIpc) is 3.20. The Bertz CT molecular complexity index is 1280. The molecule has 35 heavy (non-hydrogen) atoms. The predicted octanol–water partition coefficient (Wildman–Crippen LogP) is 4.10. The number of piperazine rings is 1. The molecule has 1 N–H and O–H groups in total. The van der Waals surface area contributed by atoms with E-state index in [1.165, 1.54) is 24.5 Å². The average molecular weight is 471 g/mol. The molecular formula is C27H27FN6O. The van der Waals surface area contributed by atoms with Crippen LogP contribution in [0.15, 0.2) is 79.3 Å². The Morgan fingerprint density at radius 2 is 1.74 bits per heavy atom. The first-order chi connectivity index (χ1) is 17.1. The normalized spacial score (nSPS) is 14.2. The molecule has 178 valence electrons. The summed E-state index contributed by atoms with van der Waals surface area (Å²) in [6, 6.07) is 18.9. The third-order valence-corrected chi connectivity index (χ3v) is 6.28. The molecule has 0 radical (unpaired) electrons.